The standard InChI is InChI=1S/C34H40N6O3/c1-40-29-16-15-27(32(41)42)22-28(29)38-30(40)17-12-24-10-13-26(14-11-24)31(35)39-34(18-6-3-7-19-34)33(43)37-21-20-36-23-25-8-4-2-5-9-25/h2,4-5,8-11,13-16,22,36H,3,6-7,12,17-21,23H2,1H3,(H2,35,39)(H,37,43)(H,41,42). The van der Waals surface area contributed by atoms with E-state index in [-0.39, 0.29) is 17.3 Å². The average Bonchev–Trinajstić information content (AvgIpc) is 3.35. The van der Waals surface area contributed by atoms with Crippen LogP contribution in [0, 0.1) is 5.41 Å². The third-order valence-corrected chi connectivity index (χ3v) is 8.37. The van der Waals surface area contributed by atoms with Gasteiger partial charge in [-0.25, -0.2) is 9.78 Å². The number of aryl methyl sites for hydroxylation is 3. The van der Waals surface area contributed by atoms with Crippen molar-refractivity contribution in [2.24, 2.45) is 7.05 Å². The summed E-state index contributed by atoms with van der Waals surface area (Å²) >= 11 is 0. The minimum Gasteiger partial charge on any atom is -0.478 e. The molecular weight excluding hydrogens is 540 g/mol. The van der Waals surface area contributed by atoms with Gasteiger partial charge in [0.1, 0.15) is 17.2 Å². The van der Waals surface area contributed by atoms with Crippen LogP contribution in [0.25, 0.3) is 11.0 Å². The van der Waals surface area contributed by atoms with Gasteiger partial charge < -0.3 is 25.6 Å². The molecule has 1 fully saturated rings. The van der Waals surface area contributed by atoms with Crippen LogP contribution in [0.4, 0.5) is 0 Å². The molecule has 1 heterocycles. The van der Waals surface area contributed by atoms with Gasteiger partial charge in [-0.15, -0.1) is 0 Å². The monoisotopic (exact) mass is 580 g/mol. The lowest BCUT2D eigenvalue weighted by molar-refractivity contribution is -0.128. The fourth-order valence-electron chi connectivity index (χ4n) is 5.84. The molecule has 1 aromatic heterocycles. The fourth-order valence-corrected chi connectivity index (χ4v) is 5.84. The Balaban J connectivity index is 1.15. The molecule has 1 aliphatic rings. The van der Waals surface area contributed by atoms with Gasteiger partial charge in [0.25, 0.3) is 0 Å². The van der Waals surface area contributed by atoms with Crippen molar-refractivity contribution in [3.05, 3.63) is 101 Å². The SMILES string of the molecule is Cn1c(CCc2ccc(C(=N)NC3(C(=O)NCCNCc4ccccc4)CCCCC3)cc2)nc2cc(C(=O)O)ccc21. The maximum atomic E-state index is 13.4. The summed E-state index contributed by atoms with van der Waals surface area (Å²) in [7, 11) is 1.94. The summed E-state index contributed by atoms with van der Waals surface area (Å²) in [5.41, 5.74) is 4.11. The quantitative estimate of drug-likeness (QED) is 0.0947. The number of rotatable bonds is 12. The number of benzene rings is 3. The molecule has 0 atom stereocenters. The molecule has 0 spiro atoms. The number of nitrogens with zero attached hydrogens (tertiary/aromatic N) is 2. The van der Waals surface area contributed by atoms with Crippen molar-refractivity contribution in [3.8, 4) is 0 Å². The molecule has 1 amide bonds. The third-order valence-electron chi connectivity index (χ3n) is 8.37. The number of hydrogen-bond donors (Lipinski definition) is 5. The number of carboxylic acid groups (broad SMARTS) is 1. The topological polar surface area (TPSA) is 132 Å². The summed E-state index contributed by atoms with van der Waals surface area (Å²) in [6.45, 7) is 1.96. The van der Waals surface area contributed by atoms with E-state index in [1.54, 1.807) is 18.2 Å². The highest BCUT2D eigenvalue weighted by atomic mass is 16.4. The number of amides is 1. The molecule has 4 aromatic rings. The molecule has 1 aliphatic carbocycles. The van der Waals surface area contributed by atoms with Crippen molar-refractivity contribution in [1.29, 1.82) is 5.41 Å². The number of amidine groups is 1. The van der Waals surface area contributed by atoms with Crippen LogP contribution in [0.3, 0.4) is 0 Å². The Morgan fingerprint density at radius 3 is 2.35 bits per heavy atom. The van der Waals surface area contributed by atoms with Gasteiger partial charge in [-0.1, -0.05) is 73.9 Å². The third kappa shape index (κ3) is 7.29. The summed E-state index contributed by atoms with van der Waals surface area (Å²) in [5.74, 6) is 0.149. The predicted molar refractivity (Wildman–Crippen MR) is 168 cm³/mol. The lowest BCUT2D eigenvalue weighted by Gasteiger charge is -2.37. The summed E-state index contributed by atoms with van der Waals surface area (Å²) < 4.78 is 2.00. The van der Waals surface area contributed by atoms with E-state index in [1.807, 2.05) is 54.1 Å². The maximum Gasteiger partial charge on any atom is 0.335 e. The molecule has 9 heteroatoms. The number of aromatic nitrogens is 2. The second-order valence-electron chi connectivity index (χ2n) is 11.4. The molecule has 3 aromatic carbocycles. The largest absolute Gasteiger partial charge is 0.478 e. The van der Waals surface area contributed by atoms with E-state index in [2.05, 4.69) is 33.1 Å². The van der Waals surface area contributed by atoms with E-state index in [1.165, 1.54) is 5.56 Å². The number of carbonyl (C=O) groups is 2. The number of carbonyl (C=O) groups excluding carboxylic acids is 1. The Morgan fingerprint density at radius 1 is 0.907 bits per heavy atom. The van der Waals surface area contributed by atoms with Crippen molar-refractivity contribution in [2.45, 2.75) is 57.0 Å². The smallest absolute Gasteiger partial charge is 0.335 e. The van der Waals surface area contributed by atoms with Gasteiger partial charge in [-0.3, -0.25) is 10.2 Å². The van der Waals surface area contributed by atoms with E-state index < -0.39 is 11.5 Å². The lowest BCUT2D eigenvalue weighted by Crippen LogP contribution is -2.60. The van der Waals surface area contributed by atoms with Crippen LogP contribution >= 0.6 is 0 Å². The number of carboxylic acids is 1. The van der Waals surface area contributed by atoms with Crippen molar-refractivity contribution in [2.75, 3.05) is 13.1 Å². The Morgan fingerprint density at radius 2 is 1.63 bits per heavy atom. The van der Waals surface area contributed by atoms with E-state index in [9.17, 15) is 14.7 Å². The second-order valence-corrected chi connectivity index (χ2v) is 11.4. The highest BCUT2D eigenvalue weighted by Gasteiger charge is 2.40. The predicted octanol–water partition coefficient (Wildman–Crippen LogP) is 4.58. The van der Waals surface area contributed by atoms with Gasteiger partial charge in [-0.2, -0.15) is 0 Å². The van der Waals surface area contributed by atoms with Crippen molar-refractivity contribution < 1.29 is 14.7 Å². The highest BCUT2D eigenvalue weighted by Crippen LogP contribution is 2.29. The minimum absolute atomic E-state index is 0.0342. The first-order valence-electron chi connectivity index (χ1n) is 15.0. The van der Waals surface area contributed by atoms with E-state index in [0.29, 0.717) is 37.9 Å². The molecule has 0 unspecified atom stereocenters. The van der Waals surface area contributed by atoms with Crippen LogP contribution in [-0.2, 0) is 31.2 Å². The van der Waals surface area contributed by atoms with Gasteiger partial charge in [0.05, 0.1) is 16.6 Å². The zero-order valence-corrected chi connectivity index (χ0v) is 24.7. The Hall–Kier alpha value is -4.50. The summed E-state index contributed by atoms with van der Waals surface area (Å²) in [6.07, 6.45) is 5.90. The fraction of sp³-hybridized carbons (Fsp3) is 0.353. The Kier molecular flexibility index (Phi) is 9.51. The number of fused-ring (bicyclic) bond motifs is 1. The molecule has 0 bridgehead atoms. The number of imidazole rings is 1. The molecule has 1 saturated carbocycles. The Labute approximate surface area is 252 Å². The van der Waals surface area contributed by atoms with E-state index >= 15 is 0 Å². The molecule has 224 valence electrons. The minimum atomic E-state index is -0.962. The zero-order valence-electron chi connectivity index (χ0n) is 24.7. The average molecular weight is 581 g/mol. The summed E-state index contributed by atoms with van der Waals surface area (Å²) in [4.78, 5) is 29.4. The molecule has 9 nitrogen and oxygen atoms in total. The number of nitrogens with one attached hydrogen (secondary N) is 4. The maximum absolute atomic E-state index is 13.4. The van der Waals surface area contributed by atoms with Crippen molar-refractivity contribution in [1.82, 2.24) is 25.5 Å². The highest BCUT2D eigenvalue weighted by molar-refractivity contribution is 6.01. The van der Waals surface area contributed by atoms with Gasteiger partial charge in [0.2, 0.25) is 5.91 Å². The molecule has 0 radical (unpaired) electrons. The van der Waals surface area contributed by atoms with E-state index in [0.717, 1.165) is 54.7 Å². The van der Waals surface area contributed by atoms with Gasteiger partial charge in [0.15, 0.2) is 0 Å². The molecule has 43 heavy (non-hydrogen) atoms. The summed E-state index contributed by atoms with van der Waals surface area (Å²) in [5, 5.41) is 27.9. The first-order valence-corrected chi connectivity index (χ1v) is 15.0. The van der Waals surface area contributed by atoms with Crippen LogP contribution in [0.1, 0.15) is 65.0 Å². The van der Waals surface area contributed by atoms with Crippen LogP contribution < -0.4 is 16.0 Å². The molecular formula is C34H40N6O3. The first-order chi connectivity index (χ1) is 20.8. The first kappa shape index (κ1) is 30.0. The molecule has 5 rings (SSSR count). The molecule has 0 saturated heterocycles. The van der Waals surface area contributed by atoms with E-state index in [4.69, 9.17) is 5.41 Å². The van der Waals surface area contributed by atoms with Gasteiger partial charge >= 0.3 is 5.97 Å². The van der Waals surface area contributed by atoms with Crippen LogP contribution in [0.15, 0.2) is 72.8 Å². The Bertz CT molecular complexity index is 1570. The van der Waals surface area contributed by atoms with Crippen molar-refractivity contribution >= 4 is 28.7 Å². The number of hydrogen-bond acceptors (Lipinski definition) is 5. The molecule has 5 N–H and O–H groups in total. The van der Waals surface area contributed by atoms with Gasteiger partial charge in [0, 0.05) is 38.7 Å². The summed E-state index contributed by atoms with van der Waals surface area (Å²) in [6, 6.07) is 23.1. The van der Waals surface area contributed by atoms with Gasteiger partial charge in [-0.05, 0) is 48.6 Å². The van der Waals surface area contributed by atoms with Crippen LogP contribution in [0.5, 0.6) is 0 Å². The molecule has 0 aliphatic heterocycles. The van der Waals surface area contributed by atoms with Crippen molar-refractivity contribution in [3.63, 3.8) is 0 Å². The normalized spacial score (nSPS) is 14.3. The van der Waals surface area contributed by atoms with Crippen LogP contribution in [-0.4, -0.2) is 51.0 Å². The number of aromatic carboxylic acids is 1. The second kappa shape index (κ2) is 13.6. The lowest BCUT2D eigenvalue weighted by atomic mass is 9.80. The zero-order chi connectivity index (χ0) is 30.2. The van der Waals surface area contributed by atoms with Crippen LogP contribution in [0.2, 0.25) is 0 Å².